The number of nitrogens with one attached hydrogen (secondary N) is 1. The van der Waals surface area contributed by atoms with Crippen LogP contribution in [0, 0.1) is 5.82 Å². The van der Waals surface area contributed by atoms with Gasteiger partial charge in [0.25, 0.3) is 0 Å². The molecule has 5 nitrogen and oxygen atoms in total. The van der Waals surface area contributed by atoms with E-state index in [9.17, 15) is 9.18 Å². The average molecular weight is 399 g/mol. The van der Waals surface area contributed by atoms with Gasteiger partial charge in [-0.25, -0.2) is 14.2 Å². The van der Waals surface area contributed by atoms with Gasteiger partial charge in [0.15, 0.2) is 0 Å². The smallest absolute Gasteiger partial charge is 0.317 e. The van der Waals surface area contributed by atoms with Gasteiger partial charge in [-0.15, -0.1) is 11.3 Å². The number of thiophene rings is 1. The van der Waals surface area contributed by atoms with Gasteiger partial charge in [0, 0.05) is 38.3 Å². The molecule has 2 aromatic heterocycles. The largest absolute Gasteiger partial charge is 0.367 e. The standard InChI is InChI=1S/C21H23FN4OS/c1-2-8-23-21(27)26-11-9-25(10-12-26)19-14-18(15-3-5-16(22)6-4-15)24-17-7-13-28-20(17)19/h3-7,13-14H,2,8-12H2,1H3,(H,23,27). The predicted octanol–water partition coefficient (Wildman–Crippen LogP) is 4.34. The number of hydrogen-bond acceptors (Lipinski definition) is 4. The molecule has 1 aliphatic rings. The van der Waals surface area contributed by atoms with Gasteiger partial charge in [-0.05, 0) is 48.2 Å². The lowest BCUT2D eigenvalue weighted by molar-refractivity contribution is 0.194. The number of urea groups is 1. The number of carbonyl (C=O) groups excluding carboxylic acids is 1. The summed E-state index contributed by atoms with van der Waals surface area (Å²) in [4.78, 5) is 21.1. The van der Waals surface area contributed by atoms with E-state index in [1.54, 1.807) is 23.5 Å². The molecule has 0 aliphatic carbocycles. The van der Waals surface area contributed by atoms with Crippen LogP contribution in [0.2, 0.25) is 0 Å². The van der Waals surface area contributed by atoms with Crippen molar-refractivity contribution in [3.05, 3.63) is 47.6 Å². The second kappa shape index (κ2) is 8.14. The van der Waals surface area contributed by atoms with Crippen molar-refractivity contribution in [2.45, 2.75) is 13.3 Å². The molecule has 0 radical (unpaired) electrons. The van der Waals surface area contributed by atoms with Gasteiger partial charge in [-0.3, -0.25) is 0 Å². The van der Waals surface area contributed by atoms with Crippen LogP contribution in [0.5, 0.6) is 0 Å². The summed E-state index contributed by atoms with van der Waals surface area (Å²) >= 11 is 1.68. The van der Waals surface area contributed by atoms with Crippen molar-refractivity contribution >= 4 is 33.3 Å². The third-order valence-corrected chi connectivity index (χ3v) is 5.89. The molecule has 1 N–H and O–H groups in total. The summed E-state index contributed by atoms with van der Waals surface area (Å²) in [5, 5.41) is 4.99. The zero-order valence-electron chi connectivity index (χ0n) is 15.8. The van der Waals surface area contributed by atoms with Crippen molar-refractivity contribution in [3.63, 3.8) is 0 Å². The summed E-state index contributed by atoms with van der Waals surface area (Å²) in [6, 6.07) is 10.6. The molecule has 0 saturated carbocycles. The highest BCUT2D eigenvalue weighted by Crippen LogP contribution is 2.34. The lowest BCUT2D eigenvalue weighted by Crippen LogP contribution is -2.52. The zero-order chi connectivity index (χ0) is 19.5. The molecule has 28 heavy (non-hydrogen) atoms. The Hall–Kier alpha value is -2.67. The number of anilines is 1. The van der Waals surface area contributed by atoms with Crippen LogP contribution in [0.15, 0.2) is 41.8 Å². The maximum Gasteiger partial charge on any atom is 0.317 e. The molecule has 4 rings (SSSR count). The Balaban J connectivity index is 1.58. The van der Waals surface area contributed by atoms with Crippen molar-refractivity contribution in [2.24, 2.45) is 0 Å². The fourth-order valence-corrected chi connectivity index (χ4v) is 4.31. The fourth-order valence-electron chi connectivity index (χ4n) is 3.44. The monoisotopic (exact) mass is 398 g/mol. The minimum absolute atomic E-state index is 0.0181. The maximum atomic E-state index is 13.3. The first-order valence-corrected chi connectivity index (χ1v) is 10.5. The molecule has 0 unspecified atom stereocenters. The second-order valence-corrected chi connectivity index (χ2v) is 7.79. The van der Waals surface area contributed by atoms with Crippen molar-refractivity contribution in [3.8, 4) is 11.3 Å². The third-order valence-electron chi connectivity index (χ3n) is 4.97. The fraction of sp³-hybridized carbons (Fsp3) is 0.333. The number of fused-ring (bicyclic) bond motifs is 1. The topological polar surface area (TPSA) is 48.5 Å². The van der Waals surface area contributed by atoms with Crippen molar-refractivity contribution in [2.75, 3.05) is 37.6 Å². The molecule has 1 fully saturated rings. The maximum absolute atomic E-state index is 13.3. The number of carbonyl (C=O) groups is 1. The van der Waals surface area contributed by atoms with Gasteiger partial charge in [0.2, 0.25) is 0 Å². The summed E-state index contributed by atoms with van der Waals surface area (Å²) in [6.45, 7) is 5.69. The predicted molar refractivity (Wildman–Crippen MR) is 112 cm³/mol. The Morgan fingerprint density at radius 3 is 2.64 bits per heavy atom. The van der Waals surface area contributed by atoms with Crippen LogP contribution < -0.4 is 10.2 Å². The number of pyridine rings is 1. The highest BCUT2D eigenvalue weighted by Gasteiger charge is 2.23. The van der Waals surface area contributed by atoms with Gasteiger partial charge in [-0.2, -0.15) is 0 Å². The summed E-state index contributed by atoms with van der Waals surface area (Å²) in [5.74, 6) is -0.252. The van der Waals surface area contributed by atoms with Gasteiger partial charge in [0.1, 0.15) is 5.82 Å². The van der Waals surface area contributed by atoms with E-state index < -0.39 is 0 Å². The molecule has 0 spiro atoms. The van der Waals surface area contributed by atoms with Crippen molar-refractivity contribution in [1.29, 1.82) is 0 Å². The van der Waals surface area contributed by atoms with E-state index in [1.165, 1.54) is 12.1 Å². The summed E-state index contributed by atoms with van der Waals surface area (Å²) in [7, 11) is 0. The van der Waals surface area contributed by atoms with E-state index in [1.807, 2.05) is 23.3 Å². The van der Waals surface area contributed by atoms with Crippen LogP contribution in [-0.4, -0.2) is 48.6 Å². The lowest BCUT2D eigenvalue weighted by Gasteiger charge is -2.36. The molecule has 0 atom stereocenters. The lowest BCUT2D eigenvalue weighted by atomic mass is 10.1. The number of aromatic nitrogens is 1. The Morgan fingerprint density at radius 2 is 1.93 bits per heavy atom. The first kappa shape index (κ1) is 18.7. The molecule has 1 aromatic carbocycles. The number of amides is 2. The van der Waals surface area contributed by atoms with E-state index in [2.05, 4.69) is 16.3 Å². The number of rotatable bonds is 4. The Labute approximate surface area is 167 Å². The highest BCUT2D eigenvalue weighted by atomic mass is 32.1. The highest BCUT2D eigenvalue weighted by molar-refractivity contribution is 7.17. The van der Waals surface area contributed by atoms with Crippen LogP contribution in [0.4, 0.5) is 14.9 Å². The van der Waals surface area contributed by atoms with Crippen LogP contribution in [0.3, 0.4) is 0 Å². The minimum atomic E-state index is -0.252. The van der Waals surface area contributed by atoms with E-state index in [0.717, 1.165) is 46.7 Å². The van der Waals surface area contributed by atoms with Gasteiger partial charge in [0.05, 0.1) is 21.6 Å². The van der Waals surface area contributed by atoms with Gasteiger partial charge >= 0.3 is 6.03 Å². The number of piperazine rings is 1. The van der Waals surface area contributed by atoms with E-state index in [4.69, 9.17) is 4.98 Å². The molecular formula is C21H23FN4OS. The van der Waals surface area contributed by atoms with E-state index in [0.29, 0.717) is 19.6 Å². The molecule has 1 saturated heterocycles. The first-order valence-electron chi connectivity index (χ1n) is 9.57. The molecule has 146 valence electrons. The first-order chi connectivity index (χ1) is 13.7. The van der Waals surface area contributed by atoms with Gasteiger partial charge < -0.3 is 15.1 Å². The number of halogens is 1. The van der Waals surface area contributed by atoms with Crippen LogP contribution >= 0.6 is 11.3 Å². The van der Waals surface area contributed by atoms with Crippen molar-refractivity contribution < 1.29 is 9.18 Å². The Kier molecular flexibility index (Phi) is 5.43. The molecule has 3 aromatic rings. The average Bonchev–Trinajstić information content (AvgIpc) is 3.20. The zero-order valence-corrected chi connectivity index (χ0v) is 16.6. The molecule has 3 heterocycles. The quantitative estimate of drug-likeness (QED) is 0.711. The summed E-state index contributed by atoms with van der Waals surface area (Å²) in [5.41, 5.74) is 3.82. The van der Waals surface area contributed by atoms with Crippen LogP contribution in [0.25, 0.3) is 21.5 Å². The molecule has 2 amide bonds. The number of hydrogen-bond donors (Lipinski definition) is 1. The Morgan fingerprint density at radius 1 is 1.18 bits per heavy atom. The number of benzene rings is 1. The molecule has 1 aliphatic heterocycles. The van der Waals surface area contributed by atoms with Crippen LogP contribution in [-0.2, 0) is 0 Å². The second-order valence-electron chi connectivity index (χ2n) is 6.87. The molecule has 7 heteroatoms. The summed E-state index contributed by atoms with van der Waals surface area (Å²) < 4.78 is 14.4. The Bertz CT molecular complexity index is 964. The normalized spacial score (nSPS) is 14.5. The number of nitrogens with zero attached hydrogens (tertiary/aromatic N) is 3. The van der Waals surface area contributed by atoms with Gasteiger partial charge in [-0.1, -0.05) is 6.92 Å². The molecular weight excluding hydrogens is 375 g/mol. The molecule has 0 bridgehead atoms. The van der Waals surface area contributed by atoms with E-state index >= 15 is 0 Å². The van der Waals surface area contributed by atoms with Crippen molar-refractivity contribution in [1.82, 2.24) is 15.2 Å². The van der Waals surface area contributed by atoms with E-state index in [-0.39, 0.29) is 11.8 Å². The summed E-state index contributed by atoms with van der Waals surface area (Å²) in [6.07, 6.45) is 0.936. The minimum Gasteiger partial charge on any atom is -0.367 e. The SMILES string of the molecule is CCCNC(=O)N1CCN(c2cc(-c3ccc(F)cc3)nc3ccsc23)CC1. The third kappa shape index (κ3) is 3.80. The van der Waals surface area contributed by atoms with Crippen LogP contribution in [0.1, 0.15) is 13.3 Å².